The zero-order valence-electron chi connectivity index (χ0n) is 14.4. The summed E-state index contributed by atoms with van der Waals surface area (Å²) in [5, 5.41) is 3.27. The summed E-state index contributed by atoms with van der Waals surface area (Å²) >= 11 is 12.1. The number of ether oxygens (including phenoxy) is 2. The van der Waals surface area contributed by atoms with Crippen LogP contribution < -0.4 is 14.8 Å². The van der Waals surface area contributed by atoms with Crippen molar-refractivity contribution in [1.82, 2.24) is 4.98 Å². The normalized spacial score (nSPS) is 14.3. The van der Waals surface area contributed by atoms with Gasteiger partial charge >= 0.3 is 0 Å². The predicted molar refractivity (Wildman–Crippen MR) is 103 cm³/mol. The van der Waals surface area contributed by atoms with Gasteiger partial charge in [0, 0.05) is 18.0 Å². The van der Waals surface area contributed by atoms with E-state index in [0.29, 0.717) is 35.3 Å². The lowest BCUT2D eigenvalue weighted by atomic mass is 10.1. The van der Waals surface area contributed by atoms with Gasteiger partial charge in [-0.05, 0) is 37.0 Å². The number of hydrogen-bond donors (Lipinski definition) is 1. The molecule has 0 saturated heterocycles. The highest BCUT2D eigenvalue weighted by molar-refractivity contribution is 6.39. The SMILES string of the molecule is COc1ccc(C(=O)Nc2c(Cl)cncc2Cl)cc1OCC1CCCC1. The molecule has 138 valence electrons. The van der Waals surface area contributed by atoms with Gasteiger partial charge in [0.05, 0.1) is 29.4 Å². The molecule has 3 rings (SSSR count). The number of benzene rings is 1. The Kier molecular flexibility index (Phi) is 6.22. The molecule has 1 aromatic heterocycles. The number of nitrogens with one attached hydrogen (secondary N) is 1. The van der Waals surface area contributed by atoms with Crippen molar-refractivity contribution in [2.75, 3.05) is 19.0 Å². The van der Waals surface area contributed by atoms with Crippen LogP contribution in [0.15, 0.2) is 30.6 Å². The van der Waals surface area contributed by atoms with E-state index in [1.54, 1.807) is 25.3 Å². The van der Waals surface area contributed by atoms with Crippen LogP contribution in [0.2, 0.25) is 10.0 Å². The first-order valence-corrected chi connectivity index (χ1v) is 9.25. The summed E-state index contributed by atoms with van der Waals surface area (Å²) in [5.41, 5.74) is 0.758. The molecule has 1 saturated carbocycles. The van der Waals surface area contributed by atoms with Crippen LogP contribution in [0.1, 0.15) is 36.0 Å². The fourth-order valence-corrected chi connectivity index (χ4v) is 3.49. The molecule has 0 unspecified atom stereocenters. The number of methoxy groups -OCH3 is 1. The lowest BCUT2D eigenvalue weighted by Gasteiger charge is -2.15. The third-order valence-electron chi connectivity index (χ3n) is 4.47. The fourth-order valence-electron chi connectivity index (χ4n) is 3.03. The number of nitrogens with zero attached hydrogens (tertiary/aromatic N) is 1. The molecule has 0 atom stereocenters. The van der Waals surface area contributed by atoms with Gasteiger partial charge in [-0.1, -0.05) is 36.0 Å². The Morgan fingerprint density at radius 2 is 1.88 bits per heavy atom. The Labute approximate surface area is 162 Å². The highest BCUT2D eigenvalue weighted by Gasteiger charge is 2.18. The second kappa shape index (κ2) is 8.60. The summed E-state index contributed by atoms with van der Waals surface area (Å²) in [5.74, 6) is 1.37. The number of anilines is 1. The van der Waals surface area contributed by atoms with E-state index in [1.165, 1.54) is 38.1 Å². The highest BCUT2D eigenvalue weighted by Crippen LogP contribution is 2.33. The van der Waals surface area contributed by atoms with Gasteiger partial charge < -0.3 is 14.8 Å². The Morgan fingerprint density at radius 3 is 2.54 bits per heavy atom. The van der Waals surface area contributed by atoms with Gasteiger partial charge in [-0.3, -0.25) is 9.78 Å². The van der Waals surface area contributed by atoms with E-state index in [-0.39, 0.29) is 16.0 Å². The van der Waals surface area contributed by atoms with Crippen LogP contribution >= 0.6 is 23.2 Å². The van der Waals surface area contributed by atoms with E-state index in [0.717, 1.165) is 0 Å². The standard InChI is InChI=1S/C19H20Cl2N2O3/c1-25-16-7-6-13(8-17(16)26-11-12-4-2-3-5-12)19(24)23-18-14(20)9-22-10-15(18)21/h6-10,12H,2-5,11H2,1H3,(H,22,23,24). The monoisotopic (exact) mass is 394 g/mol. The maximum absolute atomic E-state index is 12.6. The lowest BCUT2D eigenvalue weighted by Crippen LogP contribution is -2.14. The Morgan fingerprint density at radius 1 is 1.19 bits per heavy atom. The van der Waals surface area contributed by atoms with E-state index >= 15 is 0 Å². The van der Waals surface area contributed by atoms with Crippen molar-refractivity contribution in [2.24, 2.45) is 5.92 Å². The summed E-state index contributed by atoms with van der Waals surface area (Å²) in [6, 6.07) is 5.06. The number of aromatic nitrogens is 1. The number of rotatable bonds is 6. The molecule has 1 heterocycles. The molecule has 1 aliphatic rings. The fraction of sp³-hybridized carbons (Fsp3) is 0.368. The van der Waals surface area contributed by atoms with E-state index in [1.807, 2.05) is 0 Å². The topological polar surface area (TPSA) is 60.5 Å². The van der Waals surface area contributed by atoms with Crippen LogP contribution in [0.5, 0.6) is 11.5 Å². The maximum atomic E-state index is 12.6. The van der Waals surface area contributed by atoms with E-state index in [9.17, 15) is 4.79 Å². The van der Waals surface area contributed by atoms with Crippen molar-refractivity contribution in [2.45, 2.75) is 25.7 Å². The first-order chi connectivity index (χ1) is 12.6. The van der Waals surface area contributed by atoms with Crippen LogP contribution in [-0.4, -0.2) is 24.6 Å². The van der Waals surface area contributed by atoms with E-state index < -0.39 is 0 Å². The van der Waals surface area contributed by atoms with Crippen molar-refractivity contribution in [1.29, 1.82) is 0 Å². The van der Waals surface area contributed by atoms with Gasteiger partial charge in [0.15, 0.2) is 11.5 Å². The lowest BCUT2D eigenvalue weighted by molar-refractivity contribution is 0.102. The number of halogens is 2. The van der Waals surface area contributed by atoms with Crippen LogP contribution in [-0.2, 0) is 0 Å². The van der Waals surface area contributed by atoms with Crippen LogP contribution in [0.3, 0.4) is 0 Å². The Bertz CT molecular complexity index is 772. The van der Waals surface area contributed by atoms with Gasteiger partial charge in [-0.25, -0.2) is 0 Å². The molecule has 0 radical (unpaired) electrons. The highest BCUT2D eigenvalue weighted by atomic mass is 35.5. The molecular weight excluding hydrogens is 375 g/mol. The summed E-state index contributed by atoms with van der Waals surface area (Å²) in [7, 11) is 1.58. The summed E-state index contributed by atoms with van der Waals surface area (Å²) in [6.07, 6.45) is 7.71. The number of pyridine rings is 1. The number of amides is 1. The molecule has 26 heavy (non-hydrogen) atoms. The van der Waals surface area contributed by atoms with Crippen LogP contribution in [0.4, 0.5) is 5.69 Å². The number of carbonyl (C=O) groups is 1. The third kappa shape index (κ3) is 4.40. The minimum Gasteiger partial charge on any atom is -0.493 e. The molecule has 1 amide bonds. The smallest absolute Gasteiger partial charge is 0.255 e. The molecule has 1 N–H and O–H groups in total. The second-order valence-corrected chi connectivity index (χ2v) is 7.07. The van der Waals surface area contributed by atoms with Crippen LogP contribution in [0, 0.1) is 5.92 Å². The van der Waals surface area contributed by atoms with E-state index in [4.69, 9.17) is 32.7 Å². The molecule has 1 fully saturated rings. The first kappa shape index (κ1) is 18.8. The predicted octanol–water partition coefficient (Wildman–Crippen LogP) is 5.22. The third-order valence-corrected chi connectivity index (χ3v) is 5.04. The summed E-state index contributed by atoms with van der Waals surface area (Å²) < 4.78 is 11.3. The molecule has 7 heteroatoms. The molecule has 1 aromatic carbocycles. The Hall–Kier alpha value is -1.98. The van der Waals surface area contributed by atoms with Crippen LogP contribution in [0.25, 0.3) is 0 Å². The molecule has 1 aliphatic carbocycles. The Balaban J connectivity index is 1.76. The second-order valence-electron chi connectivity index (χ2n) is 6.26. The van der Waals surface area contributed by atoms with Crippen molar-refractivity contribution in [3.05, 3.63) is 46.2 Å². The quantitative estimate of drug-likeness (QED) is 0.729. The molecule has 0 bridgehead atoms. The van der Waals surface area contributed by atoms with Crippen molar-refractivity contribution in [3.8, 4) is 11.5 Å². The average Bonchev–Trinajstić information content (AvgIpc) is 3.16. The van der Waals surface area contributed by atoms with Gasteiger partial charge in [0.2, 0.25) is 0 Å². The zero-order chi connectivity index (χ0) is 18.5. The average molecular weight is 395 g/mol. The summed E-state index contributed by atoms with van der Waals surface area (Å²) in [6.45, 7) is 0.628. The van der Waals surface area contributed by atoms with Gasteiger partial charge in [0.1, 0.15) is 0 Å². The number of carbonyl (C=O) groups excluding carboxylic acids is 1. The van der Waals surface area contributed by atoms with Gasteiger partial charge in [-0.2, -0.15) is 0 Å². The maximum Gasteiger partial charge on any atom is 0.255 e. The van der Waals surface area contributed by atoms with Crippen molar-refractivity contribution in [3.63, 3.8) is 0 Å². The molecule has 0 spiro atoms. The van der Waals surface area contributed by atoms with Crippen molar-refractivity contribution >= 4 is 34.8 Å². The summed E-state index contributed by atoms with van der Waals surface area (Å²) in [4.78, 5) is 16.5. The zero-order valence-corrected chi connectivity index (χ0v) is 15.9. The minimum atomic E-state index is -0.339. The van der Waals surface area contributed by atoms with Gasteiger partial charge in [-0.15, -0.1) is 0 Å². The molecule has 5 nitrogen and oxygen atoms in total. The molecular formula is C19H20Cl2N2O3. The van der Waals surface area contributed by atoms with Crippen molar-refractivity contribution < 1.29 is 14.3 Å². The molecule has 2 aromatic rings. The van der Waals surface area contributed by atoms with E-state index in [2.05, 4.69) is 10.3 Å². The first-order valence-electron chi connectivity index (χ1n) is 8.49. The largest absolute Gasteiger partial charge is 0.493 e. The molecule has 0 aliphatic heterocycles. The number of hydrogen-bond acceptors (Lipinski definition) is 4. The minimum absolute atomic E-state index is 0.275. The van der Waals surface area contributed by atoms with Gasteiger partial charge in [0.25, 0.3) is 5.91 Å².